The van der Waals surface area contributed by atoms with E-state index < -0.39 is 0 Å². The molecular weight excluding hydrogens is 236 g/mol. The van der Waals surface area contributed by atoms with Crippen molar-refractivity contribution in [1.82, 2.24) is 4.98 Å². The van der Waals surface area contributed by atoms with Gasteiger partial charge in [-0.1, -0.05) is 0 Å². The van der Waals surface area contributed by atoms with Crippen molar-refractivity contribution in [2.45, 2.75) is 6.42 Å². The first-order chi connectivity index (χ1) is 8.36. The minimum atomic E-state index is 0.301. The largest absolute Gasteiger partial charge is 0.454 e. The van der Waals surface area contributed by atoms with Crippen molar-refractivity contribution in [3.05, 3.63) is 29.3 Å². The van der Waals surface area contributed by atoms with Gasteiger partial charge in [0.1, 0.15) is 5.01 Å². The van der Waals surface area contributed by atoms with Crippen molar-refractivity contribution in [2.24, 2.45) is 5.73 Å². The smallest absolute Gasteiger partial charge is 0.231 e. The van der Waals surface area contributed by atoms with E-state index in [0.29, 0.717) is 13.3 Å². The number of thiazole rings is 1. The van der Waals surface area contributed by atoms with E-state index in [-0.39, 0.29) is 0 Å². The molecule has 0 atom stereocenters. The molecule has 2 aromatic rings. The lowest BCUT2D eigenvalue weighted by Crippen LogP contribution is -2.00. The van der Waals surface area contributed by atoms with Crippen LogP contribution in [0.2, 0.25) is 0 Å². The molecule has 0 spiro atoms. The van der Waals surface area contributed by atoms with E-state index in [4.69, 9.17) is 15.2 Å². The zero-order valence-electron chi connectivity index (χ0n) is 9.18. The Labute approximate surface area is 103 Å². The molecule has 0 fully saturated rings. The first-order valence-corrected chi connectivity index (χ1v) is 6.23. The third-order valence-electron chi connectivity index (χ3n) is 2.56. The molecule has 2 heterocycles. The molecule has 0 amide bonds. The highest BCUT2D eigenvalue weighted by molar-refractivity contribution is 7.15. The fourth-order valence-corrected chi connectivity index (χ4v) is 2.65. The van der Waals surface area contributed by atoms with Gasteiger partial charge in [-0.05, 0) is 31.2 Å². The van der Waals surface area contributed by atoms with Crippen LogP contribution >= 0.6 is 11.3 Å². The number of hydrogen-bond acceptors (Lipinski definition) is 5. The highest BCUT2D eigenvalue weighted by Gasteiger charge is 2.15. The van der Waals surface area contributed by atoms with Crippen molar-refractivity contribution >= 4 is 11.3 Å². The summed E-state index contributed by atoms with van der Waals surface area (Å²) in [7, 11) is 0. The molecule has 1 aliphatic heterocycles. The number of fused-ring (bicyclic) bond motifs is 1. The van der Waals surface area contributed by atoms with Gasteiger partial charge in [-0.3, -0.25) is 0 Å². The summed E-state index contributed by atoms with van der Waals surface area (Å²) in [6, 6.07) is 5.88. The Morgan fingerprint density at radius 2 is 2.18 bits per heavy atom. The van der Waals surface area contributed by atoms with Gasteiger partial charge in [0, 0.05) is 16.6 Å². The first kappa shape index (κ1) is 10.6. The summed E-state index contributed by atoms with van der Waals surface area (Å²) in [6.07, 6.45) is 2.76. The Hall–Kier alpha value is -1.59. The number of nitrogens with two attached hydrogens (primary N) is 1. The molecule has 0 bridgehead atoms. The summed E-state index contributed by atoms with van der Waals surface area (Å²) in [5.74, 6) is 1.59. The minimum absolute atomic E-state index is 0.301. The molecule has 0 radical (unpaired) electrons. The van der Waals surface area contributed by atoms with E-state index in [1.54, 1.807) is 11.3 Å². The van der Waals surface area contributed by atoms with Crippen LogP contribution in [0.3, 0.4) is 0 Å². The maximum Gasteiger partial charge on any atom is 0.231 e. The lowest BCUT2D eigenvalue weighted by atomic mass is 10.2. The first-order valence-electron chi connectivity index (χ1n) is 5.41. The molecule has 2 N–H and O–H groups in total. The van der Waals surface area contributed by atoms with Gasteiger partial charge in [-0.2, -0.15) is 0 Å². The van der Waals surface area contributed by atoms with Crippen molar-refractivity contribution in [3.8, 4) is 22.1 Å². The highest BCUT2D eigenvalue weighted by Crippen LogP contribution is 2.36. The topological polar surface area (TPSA) is 57.4 Å². The monoisotopic (exact) mass is 248 g/mol. The van der Waals surface area contributed by atoms with Crippen LogP contribution in [0.5, 0.6) is 11.5 Å². The summed E-state index contributed by atoms with van der Waals surface area (Å²) in [5, 5.41) is 0.992. The van der Waals surface area contributed by atoms with Gasteiger partial charge >= 0.3 is 0 Å². The second-order valence-corrected chi connectivity index (χ2v) is 4.85. The number of benzene rings is 1. The Bertz CT molecular complexity index is 539. The Balaban J connectivity index is 1.92. The number of nitrogens with zero attached hydrogens (tertiary/aromatic N) is 1. The van der Waals surface area contributed by atoms with E-state index in [1.165, 1.54) is 4.88 Å². The standard InChI is InChI=1S/C12H12N2O2S/c13-4-3-9-6-14-12(17-9)8-1-2-10-11(5-8)16-7-15-10/h1-2,5-6H,3-4,7,13H2. The molecular formula is C12H12N2O2S. The molecule has 17 heavy (non-hydrogen) atoms. The lowest BCUT2D eigenvalue weighted by molar-refractivity contribution is 0.174. The number of hydrogen-bond donors (Lipinski definition) is 1. The molecule has 5 heteroatoms. The van der Waals surface area contributed by atoms with Gasteiger partial charge in [0.2, 0.25) is 6.79 Å². The van der Waals surface area contributed by atoms with E-state index in [9.17, 15) is 0 Å². The van der Waals surface area contributed by atoms with Crippen LogP contribution in [0, 0.1) is 0 Å². The normalized spacial score (nSPS) is 13.0. The average molecular weight is 248 g/mol. The van der Waals surface area contributed by atoms with Crippen LogP contribution in [-0.4, -0.2) is 18.3 Å². The van der Waals surface area contributed by atoms with Crippen LogP contribution in [0.1, 0.15) is 4.88 Å². The van der Waals surface area contributed by atoms with E-state index in [2.05, 4.69) is 4.98 Å². The quantitative estimate of drug-likeness (QED) is 0.903. The Morgan fingerprint density at radius 1 is 1.29 bits per heavy atom. The fourth-order valence-electron chi connectivity index (χ4n) is 1.73. The van der Waals surface area contributed by atoms with Crippen LogP contribution in [0.15, 0.2) is 24.4 Å². The lowest BCUT2D eigenvalue weighted by Gasteiger charge is -1.98. The second kappa shape index (κ2) is 4.35. The van der Waals surface area contributed by atoms with Crippen LogP contribution in [0.25, 0.3) is 10.6 Å². The van der Waals surface area contributed by atoms with Crippen molar-refractivity contribution in [2.75, 3.05) is 13.3 Å². The van der Waals surface area contributed by atoms with Crippen LogP contribution < -0.4 is 15.2 Å². The minimum Gasteiger partial charge on any atom is -0.454 e. The molecule has 88 valence electrons. The molecule has 1 aliphatic rings. The predicted molar refractivity (Wildman–Crippen MR) is 66.4 cm³/mol. The zero-order chi connectivity index (χ0) is 11.7. The predicted octanol–water partition coefficient (Wildman–Crippen LogP) is 2.04. The van der Waals surface area contributed by atoms with Gasteiger partial charge in [-0.15, -0.1) is 11.3 Å². The third-order valence-corrected chi connectivity index (χ3v) is 3.67. The molecule has 0 unspecified atom stereocenters. The summed E-state index contributed by atoms with van der Waals surface area (Å²) in [5.41, 5.74) is 6.58. The molecule has 0 aliphatic carbocycles. The summed E-state index contributed by atoms with van der Waals surface area (Å²) in [6.45, 7) is 0.956. The van der Waals surface area contributed by atoms with Gasteiger partial charge in [0.05, 0.1) is 0 Å². The molecule has 0 saturated carbocycles. The third kappa shape index (κ3) is 1.99. The fraction of sp³-hybridized carbons (Fsp3) is 0.250. The van der Waals surface area contributed by atoms with Gasteiger partial charge < -0.3 is 15.2 Å². The Kier molecular flexibility index (Phi) is 2.70. The maximum absolute atomic E-state index is 5.52. The van der Waals surface area contributed by atoms with Crippen LogP contribution in [-0.2, 0) is 6.42 Å². The van der Waals surface area contributed by atoms with E-state index >= 15 is 0 Å². The van der Waals surface area contributed by atoms with Crippen LogP contribution in [0.4, 0.5) is 0 Å². The Morgan fingerprint density at radius 3 is 3.06 bits per heavy atom. The highest BCUT2D eigenvalue weighted by atomic mass is 32.1. The van der Waals surface area contributed by atoms with Gasteiger partial charge in [0.25, 0.3) is 0 Å². The summed E-state index contributed by atoms with van der Waals surface area (Å²) < 4.78 is 10.6. The second-order valence-electron chi connectivity index (χ2n) is 3.74. The van der Waals surface area contributed by atoms with Gasteiger partial charge in [-0.25, -0.2) is 4.98 Å². The van der Waals surface area contributed by atoms with Crippen molar-refractivity contribution in [1.29, 1.82) is 0 Å². The van der Waals surface area contributed by atoms with Crippen molar-refractivity contribution < 1.29 is 9.47 Å². The summed E-state index contributed by atoms with van der Waals surface area (Å²) in [4.78, 5) is 5.61. The van der Waals surface area contributed by atoms with E-state index in [1.807, 2.05) is 24.4 Å². The van der Waals surface area contributed by atoms with E-state index in [0.717, 1.165) is 28.5 Å². The SMILES string of the molecule is NCCc1cnc(-c2ccc3c(c2)OCO3)s1. The number of rotatable bonds is 3. The molecule has 1 aromatic carbocycles. The summed E-state index contributed by atoms with van der Waals surface area (Å²) >= 11 is 1.67. The molecule has 0 saturated heterocycles. The molecule has 4 nitrogen and oxygen atoms in total. The molecule has 1 aromatic heterocycles. The number of aromatic nitrogens is 1. The molecule has 3 rings (SSSR count). The maximum atomic E-state index is 5.52. The van der Waals surface area contributed by atoms with Gasteiger partial charge in [0.15, 0.2) is 11.5 Å². The zero-order valence-corrected chi connectivity index (χ0v) is 10.00. The average Bonchev–Trinajstić information content (AvgIpc) is 2.96. The van der Waals surface area contributed by atoms with Crippen molar-refractivity contribution in [3.63, 3.8) is 0 Å². The number of ether oxygens (including phenoxy) is 2.